The Labute approximate surface area is 66.1 Å². The second-order valence-electron chi connectivity index (χ2n) is 2.05. The maximum Gasteiger partial charge on any atom is 0.325 e. The van der Waals surface area contributed by atoms with E-state index in [2.05, 4.69) is 11.7 Å². The van der Waals surface area contributed by atoms with Gasteiger partial charge in [0.15, 0.2) is 0 Å². The smallest absolute Gasteiger partial charge is 0.325 e. The highest BCUT2D eigenvalue weighted by molar-refractivity contribution is 5.84. The zero-order chi connectivity index (χ0) is 8.85. The van der Waals surface area contributed by atoms with Crippen molar-refractivity contribution in [2.45, 2.75) is 6.92 Å². The summed E-state index contributed by atoms with van der Waals surface area (Å²) in [4.78, 5) is 22.4. The molecule has 0 heterocycles. The Kier molecular flexibility index (Phi) is 4.26. The lowest BCUT2D eigenvalue weighted by atomic mass is 10.5. The van der Waals surface area contributed by atoms with Crippen LogP contribution >= 0.6 is 0 Å². The summed E-state index contributed by atoms with van der Waals surface area (Å²) in [5, 5.41) is 0. The number of hydrogen-bond donors (Lipinski definition) is 0. The number of rotatable bonds is 3. The normalized spacial score (nSPS) is 9.00. The van der Waals surface area contributed by atoms with Crippen molar-refractivity contribution in [3.05, 3.63) is 6.92 Å². The molecule has 0 saturated heterocycles. The topological polar surface area (TPSA) is 46.6 Å². The first-order chi connectivity index (χ1) is 5.07. The number of ether oxygens (including phenoxy) is 1. The molecule has 0 aromatic carbocycles. The fourth-order valence-corrected chi connectivity index (χ4v) is 0.488. The first kappa shape index (κ1) is 9.94. The molecular formula is C7H12NO3. The third-order valence-corrected chi connectivity index (χ3v) is 1.10. The van der Waals surface area contributed by atoms with Gasteiger partial charge in [-0.15, -0.1) is 0 Å². The van der Waals surface area contributed by atoms with Crippen molar-refractivity contribution < 1.29 is 14.3 Å². The van der Waals surface area contributed by atoms with Gasteiger partial charge in [0, 0.05) is 14.0 Å². The molecule has 0 fully saturated rings. The number of carbonyl (C=O) groups is 2. The predicted molar refractivity (Wildman–Crippen MR) is 39.6 cm³/mol. The van der Waals surface area contributed by atoms with Crippen LogP contribution in [0.4, 0.5) is 0 Å². The SMILES string of the molecule is [CH2]C(=O)N(C)CC(=O)OCC. The third kappa shape index (κ3) is 4.36. The van der Waals surface area contributed by atoms with Crippen molar-refractivity contribution in [1.29, 1.82) is 0 Å². The number of esters is 1. The molecule has 0 aliphatic carbocycles. The number of likely N-dealkylation sites (N-methyl/N-ethyl adjacent to an activating group) is 1. The Morgan fingerprint density at radius 1 is 1.55 bits per heavy atom. The van der Waals surface area contributed by atoms with Gasteiger partial charge in [0.1, 0.15) is 6.54 Å². The number of amides is 1. The predicted octanol–water partition coefficient (Wildman–Crippen LogP) is -0.158. The Balaban J connectivity index is 3.66. The van der Waals surface area contributed by atoms with Crippen molar-refractivity contribution in [3.8, 4) is 0 Å². The lowest BCUT2D eigenvalue weighted by molar-refractivity contribution is -0.147. The summed E-state index contributed by atoms with van der Waals surface area (Å²) < 4.78 is 4.60. The van der Waals surface area contributed by atoms with Crippen LogP contribution in [0, 0.1) is 6.92 Å². The highest BCUT2D eigenvalue weighted by Crippen LogP contribution is 1.85. The van der Waals surface area contributed by atoms with Crippen LogP contribution in [0.1, 0.15) is 6.92 Å². The fraction of sp³-hybridized carbons (Fsp3) is 0.571. The van der Waals surface area contributed by atoms with E-state index < -0.39 is 11.9 Å². The Hall–Kier alpha value is -1.06. The largest absolute Gasteiger partial charge is 0.465 e. The molecule has 63 valence electrons. The Bertz CT molecular complexity index is 156. The van der Waals surface area contributed by atoms with Gasteiger partial charge < -0.3 is 9.64 Å². The summed E-state index contributed by atoms with van der Waals surface area (Å²) in [5.41, 5.74) is 0. The first-order valence-electron chi connectivity index (χ1n) is 3.30. The summed E-state index contributed by atoms with van der Waals surface area (Å²) in [5.74, 6) is -0.801. The zero-order valence-corrected chi connectivity index (χ0v) is 6.79. The van der Waals surface area contributed by atoms with Gasteiger partial charge in [-0.2, -0.15) is 0 Å². The van der Waals surface area contributed by atoms with E-state index in [4.69, 9.17) is 0 Å². The molecule has 4 nitrogen and oxygen atoms in total. The molecule has 1 amide bonds. The van der Waals surface area contributed by atoms with Crippen LogP contribution in [0.2, 0.25) is 0 Å². The van der Waals surface area contributed by atoms with E-state index in [1.54, 1.807) is 6.92 Å². The molecule has 0 atom stereocenters. The van der Waals surface area contributed by atoms with Gasteiger partial charge >= 0.3 is 5.97 Å². The van der Waals surface area contributed by atoms with Crippen LogP contribution < -0.4 is 0 Å². The van der Waals surface area contributed by atoms with Crippen molar-refractivity contribution in [3.63, 3.8) is 0 Å². The molecule has 0 aliphatic heterocycles. The molecule has 0 saturated carbocycles. The molecular weight excluding hydrogens is 146 g/mol. The molecule has 0 aromatic rings. The average Bonchev–Trinajstić information content (AvgIpc) is 1.87. The highest BCUT2D eigenvalue weighted by atomic mass is 16.5. The third-order valence-electron chi connectivity index (χ3n) is 1.10. The molecule has 4 heteroatoms. The minimum absolute atomic E-state index is 0.0316. The van der Waals surface area contributed by atoms with Gasteiger partial charge in [-0.05, 0) is 6.92 Å². The molecule has 0 unspecified atom stereocenters. The van der Waals surface area contributed by atoms with Crippen LogP contribution in [-0.4, -0.2) is 37.0 Å². The number of hydrogen-bond acceptors (Lipinski definition) is 3. The summed E-state index contributed by atoms with van der Waals surface area (Å²) in [6.07, 6.45) is 0. The van der Waals surface area contributed by atoms with Gasteiger partial charge in [0.05, 0.1) is 6.61 Å². The quantitative estimate of drug-likeness (QED) is 0.536. The molecule has 11 heavy (non-hydrogen) atoms. The fourth-order valence-electron chi connectivity index (χ4n) is 0.488. The summed E-state index contributed by atoms with van der Waals surface area (Å²) in [6, 6.07) is 0. The van der Waals surface area contributed by atoms with Gasteiger partial charge in [0.25, 0.3) is 0 Å². The average molecular weight is 158 g/mol. The Morgan fingerprint density at radius 2 is 2.09 bits per heavy atom. The lowest BCUT2D eigenvalue weighted by Crippen LogP contribution is -2.31. The van der Waals surface area contributed by atoms with Crippen LogP contribution in [0.3, 0.4) is 0 Å². The first-order valence-corrected chi connectivity index (χ1v) is 3.30. The van der Waals surface area contributed by atoms with E-state index in [1.165, 1.54) is 11.9 Å². The maximum atomic E-state index is 10.7. The number of nitrogens with zero attached hydrogens (tertiary/aromatic N) is 1. The van der Waals surface area contributed by atoms with Crippen molar-refractivity contribution in [2.24, 2.45) is 0 Å². The summed E-state index contributed by atoms with van der Waals surface area (Å²) >= 11 is 0. The highest BCUT2D eigenvalue weighted by Gasteiger charge is 2.08. The van der Waals surface area contributed by atoms with Gasteiger partial charge in [-0.1, -0.05) is 0 Å². The van der Waals surface area contributed by atoms with Gasteiger partial charge in [0.2, 0.25) is 5.91 Å². The minimum Gasteiger partial charge on any atom is -0.465 e. The molecule has 1 radical (unpaired) electrons. The maximum absolute atomic E-state index is 10.7. The van der Waals surface area contributed by atoms with Crippen LogP contribution in [0.25, 0.3) is 0 Å². The molecule has 0 aromatic heterocycles. The summed E-state index contributed by atoms with van der Waals surface area (Å²) in [6.45, 7) is 5.14. The van der Waals surface area contributed by atoms with Gasteiger partial charge in [-0.3, -0.25) is 9.59 Å². The minimum atomic E-state index is -0.410. The Morgan fingerprint density at radius 3 is 2.45 bits per heavy atom. The zero-order valence-electron chi connectivity index (χ0n) is 6.79. The monoisotopic (exact) mass is 158 g/mol. The molecule has 0 aliphatic rings. The lowest BCUT2D eigenvalue weighted by Gasteiger charge is -2.12. The van der Waals surface area contributed by atoms with Crippen molar-refractivity contribution in [1.82, 2.24) is 4.90 Å². The van der Waals surface area contributed by atoms with Crippen molar-refractivity contribution >= 4 is 11.9 Å². The molecule has 0 N–H and O–H groups in total. The van der Waals surface area contributed by atoms with E-state index in [9.17, 15) is 9.59 Å². The molecule has 0 spiro atoms. The standard InChI is InChI=1S/C7H12NO3/c1-4-11-7(10)5-8(3)6(2)9/h2,4-5H2,1,3H3. The summed E-state index contributed by atoms with van der Waals surface area (Å²) in [7, 11) is 1.49. The van der Waals surface area contributed by atoms with Crippen LogP contribution in [0.15, 0.2) is 0 Å². The second-order valence-corrected chi connectivity index (χ2v) is 2.05. The van der Waals surface area contributed by atoms with Crippen molar-refractivity contribution in [2.75, 3.05) is 20.2 Å². The molecule has 0 bridgehead atoms. The van der Waals surface area contributed by atoms with Gasteiger partial charge in [-0.25, -0.2) is 0 Å². The van der Waals surface area contributed by atoms with E-state index in [0.29, 0.717) is 6.61 Å². The second kappa shape index (κ2) is 4.71. The number of carbonyl (C=O) groups excluding carboxylic acids is 2. The van der Waals surface area contributed by atoms with Crippen LogP contribution in [0.5, 0.6) is 0 Å². The van der Waals surface area contributed by atoms with E-state index in [-0.39, 0.29) is 6.54 Å². The van der Waals surface area contributed by atoms with E-state index >= 15 is 0 Å². The van der Waals surface area contributed by atoms with E-state index in [1.807, 2.05) is 0 Å². The molecule has 0 rings (SSSR count). The van der Waals surface area contributed by atoms with E-state index in [0.717, 1.165) is 0 Å². The van der Waals surface area contributed by atoms with Crippen LogP contribution in [-0.2, 0) is 14.3 Å².